The second-order valence-electron chi connectivity index (χ2n) is 4.69. The van der Waals surface area contributed by atoms with Crippen LogP contribution in [0.1, 0.15) is 43.6 Å². The third kappa shape index (κ3) is 3.06. The van der Waals surface area contributed by atoms with Crippen LogP contribution in [-0.2, 0) is 6.54 Å². The van der Waals surface area contributed by atoms with Gasteiger partial charge in [0.15, 0.2) is 0 Å². The maximum Gasteiger partial charge on any atom is 0.103 e. The maximum absolute atomic E-state index is 9.94. The van der Waals surface area contributed by atoms with Gasteiger partial charge in [0.25, 0.3) is 0 Å². The van der Waals surface area contributed by atoms with Crippen molar-refractivity contribution in [3.8, 4) is 0 Å². The van der Waals surface area contributed by atoms with Gasteiger partial charge in [-0.05, 0) is 19.8 Å². The molecule has 0 aliphatic heterocycles. The van der Waals surface area contributed by atoms with Crippen LogP contribution in [0.2, 0.25) is 0 Å². The van der Waals surface area contributed by atoms with Gasteiger partial charge in [0.1, 0.15) is 5.82 Å². The third-order valence-corrected chi connectivity index (χ3v) is 3.29. The summed E-state index contributed by atoms with van der Waals surface area (Å²) in [6, 6.07) is 0.242. The van der Waals surface area contributed by atoms with E-state index in [1.165, 1.54) is 12.8 Å². The number of nitrogens with one attached hydrogen (secondary N) is 2. The van der Waals surface area contributed by atoms with E-state index in [4.69, 9.17) is 0 Å². The summed E-state index contributed by atoms with van der Waals surface area (Å²) in [7, 11) is 0. The Balaban J connectivity index is 1.83. The van der Waals surface area contributed by atoms with Crippen LogP contribution in [0.5, 0.6) is 0 Å². The molecule has 1 heterocycles. The van der Waals surface area contributed by atoms with Crippen LogP contribution in [0.25, 0.3) is 0 Å². The Morgan fingerprint density at radius 3 is 3.00 bits per heavy atom. The minimum absolute atomic E-state index is 0.188. The number of aliphatic hydroxyl groups excluding tert-OH is 1. The lowest BCUT2D eigenvalue weighted by molar-refractivity contribution is 0.119. The lowest BCUT2D eigenvalue weighted by Crippen LogP contribution is -2.38. The second kappa shape index (κ2) is 5.46. The van der Waals surface area contributed by atoms with Crippen LogP contribution >= 0.6 is 0 Å². The molecule has 1 aliphatic rings. The summed E-state index contributed by atoms with van der Waals surface area (Å²) < 4.78 is 0. The average molecular weight is 223 g/mol. The number of nitrogens with zero attached hydrogens (tertiary/aromatic N) is 1. The van der Waals surface area contributed by atoms with Crippen molar-refractivity contribution < 1.29 is 5.11 Å². The monoisotopic (exact) mass is 223 g/mol. The summed E-state index contributed by atoms with van der Waals surface area (Å²) in [6.45, 7) is 2.71. The first-order valence-electron chi connectivity index (χ1n) is 6.17. The zero-order valence-corrected chi connectivity index (χ0v) is 9.87. The number of rotatable bonds is 3. The van der Waals surface area contributed by atoms with Gasteiger partial charge < -0.3 is 15.4 Å². The maximum atomic E-state index is 9.94. The van der Waals surface area contributed by atoms with E-state index >= 15 is 0 Å². The number of aryl methyl sites for hydroxylation is 1. The normalized spacial score (nSPS) is 26.6. The summed E-state index contributed by atoms with van der Waals surface area (Å²) in [5, 5.41) is 13.4. The first-order chi connectivity index (χ1) is 7.75. The molecule has 1 aromatic rings. The average Bonchev–Trinajstić information content (AvgIpc) is 2.56. The molecule has 2 unspecified atom stereocenters. The molecule has 90 valence electrons. The highest BCUT2D eigenvalue weighted by atomic mass is 16.3. The van der Waals surface area contributed by atoms with Crippen LogP contribution in [-0.4, -0.2) is 27.2 Å². The molecule has 0 aromatic carbocycles. The van der Waals surface area contributed by atoms with E-state index in [0.717, 1.165) is 37.3 Å². The summed E-state index contributed by atoms with van der Waals surface area (Å²) in [5.74, 6) is 0.943. The Bertz CT molecular complexity index is 324. The molecule has 0 spiro atoms. The summed E-state index contributed by atoms with van der Waals surface area (Å²) in [5.41, 5.74) is 1.09. The molecule has 0 bridgehead atoms. The third-order valence-electron chi connectivity index (χ3n) is 3.29. The van der Waals surface area contributed by atoms with Crippen molar-refractivity contribution in [2.24, 2.45) is 0 Å². The van der Waals surface area contributed by atoms with E-state index in [2.05, 4.69) is 15.3 Å². The van der Waals surface area contributed by atoms with E-state index in [9.17, 15) is 5.11 Å². The molecule has 2 rings (SSSR count). The van der Waals surface area contributed by atoms with Crippen molar-refractivity contribution >= 4 is 0 Å². The molecule has 1 aromatic heterocycles. The first kappa shape index (κ1) is 11.6. The number of hydrogen-bond acceptors (Lipinski definition) is 3. The van der Waals surface area contributed by atoms with Crippen molar-refractivity contribution in [3.63, 3.8) is 0 Å². The molecule has 3 N–H and O–H groups in total. The first-order valence-corrected chi connectivity index (χ1v) is 6.17. The molecule has 4 heteroatoms. The van der Waals surface area contributed by atoms with Crippen molar-refractivity contribution in [1.29, 1.82) is 0 Å². The predicted octanol–water partition coefficient (Wildman–Crippen LogP) is 1.50. The number of imidazole rings is 1. The number of aliphatic hydroxyl groups is 1. The number of aromatic nitrogens is 2. The minimum atomic E-state index is -0.188. The van der Waals surface area contributed by atoms with E-state index in [1.54, 1.807) is 0 Å². The molecule has 1 fully saturated rings. The highest BCUT2D eigenvalue weighted by molar-refractivity contribution is 4.99. The Labute approximate surface area is 96.5 Å². The summed E-state index contributed by atoms with van der Waals surface area (Å²) in [4.78, 5) is 7.35. The highest BCUT2D eigenvalue weighted by Crippen LogP contribution is 2.18. The topological polar surface area (TPSA) is 60.9 Å². The largest absolute Gasteiger partial charge is 0.392 e. The zero-order valence-electron chi connectivity index (χ0n) is 9.87. The lowest BCUT2D eigenvalue weighted by atomic mass is 10.1. The molecule has 4 nitrogen and oxygen atoms in total. The van der Waals surface area contributed by atoms with Gasteiger partial charge in [0.2, 0.25) is 0 Å². The van der Waals surface area contributed by atoms with Gasteiger partial charge in [0, 0.05) is 24.5 Å². The lowest BCUT2D eigenvalue weighted by Gasteiger charge is -2.21. The van der Waals surface area contributed by atoms with Crippen LogP contribution in [0, 0.1) is 6.92 Å². The predicted molar refractivity (Wildman–Crippen MR) is 63.0 cm³/mol. The molecule has 1 saturated carbocycles. The highest BCUT2D eigenvalue weighted by Gasteiger charge is 2.20. The minimum Gasteiger partial charge on any atom is -0.392 e. The van der Waals surface area contributed by atoms with Crippen LogP contribution in [0.4, 0.5) is 0 Å². The Hall–Kier alpha value is -0.870. The Morgan fingerprint density at radius 2 is 2.25 bits per heavy atom. The molecule has 16 heavy (non-hydrogen) atoms. The molecule has 1 aliphatic carbocycles. The van der Waals surface area contributed by atoms with Gasteiger partial charge in [-0.3, -0.25) is 0 Å². The van der Waals surface area contributed by atoms with Crippen molar-refractivity contribution in [2.75, 3.05) is 0 Å². The van der Waals surface area contributed by atoms with Gasteiger partial charge >= 0.3 is 0 Å². The SMILES string of the molecule is Cc1ncc(CNC2CCCCCC2O)[nH]1. The fourth-order valence-electron chi connectivity index (χ4n) is 2.33. The Kier molecular flexibility index (Phi) is 3.96. The van der Waals surface area contributed by atoms with Crippen LogP contribution in [0.3, 0.4) is 0 Å². The second-order valence-corrected chi connectivity index (χ2v) is 4.69. The molecule has 2 atom stereocenters. The van der Waals surface area contributed by atoms with Crippen molar-refractivity contribution in [3.05, 3.63) is 17.7 Å². The van der Waals surface area contributed by atoms with Gasteiger partial charge in [-0.1, -0.05) is 19.3 Å². The van der Waals surface area contributed by atoms with Gasteiger partial charge in [-0.15, -0.1) is 0 Å². The van der Waals surface area contributed by atoms with Crippen LogP contribution in [0.15, 0.2) is 6.20 Å². The van der Waals surface area contributed by atoms with Gasteiger partial charge in [-0.2, -0.15) is 0 Å². The summed E-state index contributed by atoms with van der Waals surface area (Å²) in [6.07, 6.45) is 7.29. The molecule has 0 amide bonds. The standard InChI is InChI=1S/C12H21N3O/c1-9-13-7-10(15-9)8-14-11-5-3-2-4-6-12(11)16/h7,11-12,14,16H,2-6,8H2,1H3,(H,13,15). The van der Waals surface area contributed by atoms with Gasteiger partial charge in [0.05, 0.1) is 6.10 Å². The quantitative estimate of drug-likeness (QED) is 0.681. The number of H-pyrrole nitrogens is 1. The van der Waals surface area contributed by atoms with Gasteiger partial charge in [-0.25, -0.2) is 4.98 Å². The number of aromatic amines is 1. The number of hydrogen-bond donors (Lipinski definition) is 3. The van der Waals surface area contributed by atoms with E-state index in [0.29, 0.717) is 0 Å². The fraction of sp³-hybridized carbons (Fsp3) is 0.750. The molecular formula is C12H21N3O. The summed E-state index contributed by atoms with van der Waals surface area (Å²) >= 11 is 0. The fourth-order valence-corrected chi connectivity index (χ4v) is 2.33. The van der Waals surface area contributed by atoms with Crippen molar-refractivity contribution in [2.45, 2.75) is 57.7 Å². The van der Waals surface area contributed by atoms with E-state index in [1.807, 2.05) is 13.1 Å². The molecule has 0 saturated heterocycles. The smallest absolute Gasteiger partial charge is 0.103 e. The molecule has 0 radical (unpaired) electrons. The van der Waals surface area contributed by atoms with Crippen LogP contribution < -0.4 is 5.32 Å². The molecular weight excluding hydrogens is 202 g/mol. The van der Waals surface area contributed by atoms with E-state index < -0.39 is 0 Å². The van der Waals surface area contributed by atoms with E-state index in [-0.39, 0.29) is 12.1 Å². The van der Waals surface area contributed by atoms with Crippen molar-refractivity contribution in [1.82, 2.24) is 15.3 Å². The Morgan fingerprint density at radius 1 is 1.44 bits per heavy atom. The zero-order chi connectivity index (χ0) is 11.4.